The fourth-order valence-corrected chi connectivity index (χ4v) is 3.02. The van der Waals surface area contributed by atoms with Crippen molar-refractivity contribution in [3.63, 3.8) is 0 Å². The molecule has 0 saturated carbocycles. The Morgan fingerprint density at radius 2 is 1.78 bits per heavy atom. The van der Waals surface area contributed by atoms with Gasteiger partial charge in [0.05, 0.1) is 33.2 Å². The highest BCUT2D eigenvalue weighted by molar-refractivity contribution is 6.40. The number of aryl methyl sites for hydroxylation is 2. The first-order chi connectivity index (χ1) is 12.8. The molecule has 9 heteroatoms. The second kappa shape index (κ2) is 7.77. The van der Waals surface area contributed by atoms with E-state index in [9.17, 15) is 4.79 Å². The van der Waals surface area contributed by atoms with Crippen molar-refractivity contribution < 1.29 is 4.79 Å². The second-order valence-corrected chi connectivity index (χ2v) is 6.59. The van der Waals surface area contributed by atoms with E-state index in [1.807, 2.05) is 6.92 Å². The molecule has 1 amide bonds. The van der Waals surface area contributed by atoms with Crippen molar-refractivity contribution in [3.8, 4) is 0 Å². The first-order valence-corrected chi connectivity index (χ1v) is 8.69. The van der Waals surface area contributed by atoms with Crippen LogP contribution in [0.2, 0.25) is 10.0 Å². The van der Waals surface area contributed by atoms with Crippen molar-refractivity contribution in [2.24, 2.45) is 0 Å². The molecule has 0 aliphatic carbocycles. The van der Waals surface area contributed by atoms with Crippen molar-refractivity contribution in [2.75, 3.05) is 16.4 Å². The van der Waals surface area contributed by atoms with E-state index >= 15 is 0 Å². The number of aromatic nitrogens is 3. The number of amides is 1. The molecule has 2 aromatic heterocycles. The highest BCUT2D eigenvalue weighted by atomic mass is 35.5. The number of anilines is 4. The van der Waals surface area contributed by atoms with Gasteiger partial charge in [-0.05, 0) is 26.0 Å². The van der Waals surface area contributed by atoms with E-state index < -0.39 is 5.91 Å². The lowest BCUT2D eigenvalue weighted by molar-refractivity contribution is 0.102. The number of pyridine rings is 1. The van der Waals surface area contributed by atoms with E-state index in [1.54, 1.807) is 37.3 Å². The number of nitrogens with two attached hydrogens (primary N) is 1. The zero-order valence-electron chi connectivity index (χ0n) is 14.5. The van der Waals surface area contributed by atoms with Crippen molar-refractivity contribution in [1.29, 1.82) is 0 Å². The van der Waals surface area contributed by atoms with E-state index in [-0.39, 0.29) is 15.6 Å². The largest absolute Gasteiger partial charge is 0.396 e. The Kier molecular flexibility index (Phi) is 5.43. The lowest BCUT2D eigenvalue weighted by Crippen LogP contribution is -2.15. The summed E-state index contributed by atoms with van der Waals surface area (Å²) < 4.78 is 0. The summed E-state index contributed by atoms with van der Waals surface area (Å²) in [7, 11) is 0. The molecule has 27 heavy (non-hydrogen) atoms. The van der Waals surface area contributed by atoms with Crippen LogP contribution in [-0.2, 0) is 0 Å². The van der Waals surface area contributed by atoms with Gasteiger partial charge < -0.3 is 16.4 Å². The van der Waals surface area contributed by atoms with Crippen LogP contribution in [0.5, 0.6) is 0 Å². The molecule has 3 rings (SSSR count). The molecule has 1 aromatic carbocycles. The highest BCUT2D eigenvalue weighted by Gasteiger charge is 2.16. The number of nitrogens with one attached hydrogen (secondary N) is 2. The quantitative estimate of drug-likeness (QED) is 0.597. The van der Waals surface area contributed by atoms with Crippen LogP contribution in [0.25, 0.3) is 0 Å². The van der Waals surface area contributed by atoms with Gasteiger partial charge in [-0.1, -0.05) is 29.3 Å². The molecular weight excluding hydrogens is 387 g/mol. The predicted octanol–water partition coefficient (Wildman–Crippen LogP) is 4.37. The fraction of sp³-hybridized carbons (Fsp3) is 0.111. The molecule has 0 bridgehead atoms. The summed E-state index contributed by atoms with van der Waals surface area (Å²) in [5.41, 5.74) is 7.60. The van der Waals surface area contributed by atoms with Gasteiger partial charge in [-0.3, -0.25) is 4.79 Å². The van der Waals surface area contributed by atoms with Crippen LogP contribution in [0.1, 0.15) is 21.9 Å². The summed E-state index contributed by atoms with van der Waals surface area (Å²) in [6, 6.07) is 8.23. The number of carbonyl (C=O) groups excluding carboxylic acids is 1. The monoisotopic (exact) mass is 402 g/mol. The third kappa shape index (κ3) is 4.45. The lowest BCUT2D eigenvalue weighted by Gasteiger charge is -2.12. The zero-order chi connectivity index (χ0) is 19.6. The smallest absolute Gasteiger partial charge is 0.258 e. The molecule has 7 nitrogen and oxygen atoms in total. The van der Waals surface area contributed by atoms with Crippen LogP contribution < -0.4 is 16.4 Å². The average Bonchev–Trinajstić information content (AvgIpc) is 2.57. The maximum absolute atomic E-state index is 12.6. The van der Waals surface area contributed by atoms with E-state index in [4.69, 9.17) is 28.9 Å². The molecule has 4 N–H and O–H groups in total. The molecular formula is C18H16Cl2N6O. The van der Waals surface area contributed by atoms with Crippen molar-refractivity contribution in [2.45, 2.75) is 13.8 Å². The van der Waals surface area contributed by atoms with Gasteiger partial charge in [0.25, 0.3) is 5.91 Å². The number of nitrogens with zero attached hydrogens (tertiary/aromatic N) is 3. The maximum Gasteiger partial charge on any atom is 0.258 e. The van der Waals surface area contributed by atoms with Crippen molar-refractivity contribution in [3.05, 3.63) is 63.7 Å². The Bertz CT molecular complexity index is 984. The Morgan fingerprint density at radius 3 is 2.44 bits per heavy atom. The SMILES string of the molecule is Cc1cc(Nc2cc(NC(=O)c3c(Cl)cccc3Cl)c(N)cn2)nc(C)n1. The minimum Gasteiger partial charge on any atom is -0.396 e. The minimum absolute atomic E-state index is 0.175. The molecule has 3 aromatic rings. The molecule has 0 unspecified atom stereocenters. The molecule has 0 fully saturated rings. The van der Waals surface area contributed by atoms with E-state index in [1.165, 1.54) is 6.20 Å². The number of rotatable bonds is 4. The second-order valence-electron chi connectivity index (χ2n) is 5.77. The minimum atomic E-state index is -0.469. The number of benzene rings is 1. The van der Waals surface area contributed by atoms with Crippen LogP contribution >= 0.6 is 23.2 Å². The summed E-state index contributed by atoms with van der Waals surface area (Å²) in [6.45, 7) is 3.67. The first-order valence-electron chi connectivity index (χ1n) is 7.93. The summed E-state index contributed by atoms with van der Waals surface area (Å²) in [5, 5.41) is 6.28. The summed E-state index contributed by atoms with van der Waals surface area (Å²) in [6.07, 6.45) is 1.44. The van der Waals surface area contributed by atoms with Gasteiger partial charge in [0.2, 0.25) is 0 Å². The predicted molar refractivity (Wildman–Crippen MR) is 108 cm³/mol. The van der Waals surface area contributed by atoms with Crippen LogP contribution in [0, 0.1) is 13.8 Å². The summed E-state index contributed by atoms with van der Waals surface area (Å²) in [4.78, 5) is 25.3. The zero-order valence-corrected chi connectivity index (χ0v) is 16.1. The lowest BCUT2D eigenvalue weighted by atomic mass is 10.2. The Labute approximate surface area is 166 Å². The van der Waals surface area contributed by atoms with Gasteiger partial charge in [-0.15, -0.1) is 0 Å². The molecule has 0 atom stereocenters. The number of halogens is 2. The summed E-state index contributed by atoms with van der Waals surface area (Å²) in [5.74, 6) is 1.21. The number of carbonyl (C=O) groups is 1. The van der Waals surface area contributed by atoms with Gasteiger partial charge in [0, 0.05) is 17.8 Å². The normalized spacial score (nSPS) is 10.5. The topological polar surface area (TPSA) is 106 Å². The number of nitrogen functional groups attached to an aromatic ring is 1. The van der Waals surface area contributed by atoms with Gasteiger partial charge in [-0.25, -0.2) is 15.0 Å². The van der Waals surface area contributed by atoms with E-state index in [2.05, 4.69) is 25.6 Å². The Balaban J connectivity index is 1.86. The molecule has 0 aliphatic heterocycles. The maximum atomic E-state index is 12.6. The third-order valence-corrected chi connectivity index (χ3v) is 4.22. The molecule has 0 spiro atoms. The molecule has 0 radical (unpaired) electrons. The van der Waals surface area contributed by atoms with E-state index in [0.717, 1.165) is 5.69 Å². The summed E-state index contributed by atoms with van der Waals surface area (Å²) >= 11 is 12.2. The third-order valence-electron chi connectivity index (χ3n) is 3.59. The van der Waals surface area contributed by atoms with E-state index in [0.29, 0.717) is 28.8 Å². The molecule has 138 valence electrons. The van der Waals surface area contributed by atoms with Crippen LogP contribution in [0.15, 0.2) is 36.5 Å². The average molecular weight is 403 g/mol. The van der Waals surface area contributed by atoms with Crippen LogP contribution in [0.3, 0.4) is 0 Å². The Morgan fingerprint density at radius 1 is 1.07 bits per heavy atom. The number of hydrogen-bond donors (Lipinski definition) is 3. The Hall–Kier alpha value is -2.90. The van der Waals surface area contributed by atoms with Crippen LogP contribution in [0.4, 0.5) is 23.0 Å². The fourth-order valence-electron chi connectivity index (χ4n) is 2.45. The van der Waals surface area contributed by atoms with Gasteiger partial charge in [0.15, 0.2) is 0 Å². The standard InChI is InChI=1S/C18H16Cl2N6O/c1-9-6-16(24-10(2)23-9)26-15-7-14(13(21)8-22-15)25-18(27)17-11(19)4-3-5-12(17)20/h3-8H,21H2,1-2H3,(H2,22,23,24,25,26,27). The molecule has 2 heterocycles. The molecule has 0 saturated heterocycles. The van der Waals surface area contributed by atoms with Gasteiger partial charge in [0.1, 0.15) is 17.5 Å². The van der Waals surface area contributed by atoms with Crippen LogP contribution in [-0.4, -0.2) is 20.9 Å². The first kappa shape index (κ1) is 18.9. The highest BCUT2D eigenvalue weighted by Crippen LogP contribution is 2.28. The van der Waals surface area contributed by atoms with Crippen molar-refractivity contribution >= 4 is 52.1 Å². The van der Waals surface area contributed by atoms with Gasteiger partial charge >= 0.3 is 0 Å². The van der Waals surface area contributed by atoms with Gasteiger partial charge in [-0.2, -0.15) is 0 Å². The molecule has 0 aliphatic rings. The van der Waals surface area contributed by atoms with Crippen molar-refractivity contribution in [1.82, 2.24) is 15.0 Å². The number of hydrogen-bond acceptors (Lipinski definition) is 6.